The zero-order valence-corrected chi connectivity index (χ0v) is 21.1. The highest BCUT2D eigenvalue weighted by Crippen LogP contribution is 2.78. The molecule has 0 saturated heterocycles. The van der Waals surface area contributed by atoms with Crippen molar-refractivity contribution in [2.24, 2.45) is 0 Å². The number of rotatable bonds is 15. The Labute approximate surface area is 208 Å². The van der Waals surface area contributed by atoms with E-state index in [9.17, 15) is 65.9 Å². The van der Waals surface area contributed by atoms with Gasteiger partial charge in [0, 0.05) is 0 Å². The number of unbranched alkanes of at least 4 members (excludes halogenated alkanes) is 3. The number of hydrogen-bond donors (Lipinski definition) is 0. The summed E-state index contributed by atoms with van der Waals surface area (Å²) < 4.78 is 235. The highest BCUT2D eigenvalue weighted by Gasteiger charge is 2.98. The summed E-state index contributed by atoms with van der Waals surface area (Å²) in [6.45, 7) is 4.05. The predicted molar refractivity (Wildman–Crippen MR) is 107 cm³/mol. The quantitative estimate of drug-likeness (QED) is 0.126. The Morgan fingerprint density at radius 1 is 0.395 bits per heavy atom. The standard InChI is InChI=1S/C20H27F17P/c1-4-7-10-38(11-8-5-2,12-9-6-3)20(36,37)17(28,29)16(26,27)15(24,25)14(22,23)13(21,18(30,31)32)19(33,34)35/h4-12H2,1-3H3/q+1. The molecule has 0 rings (SSSR count). The number of halogens is 17. The molecule has 0 aliphatic heterocycles. The van der Waals surface area contributed by atoms with Crippen LogP contribution in [-0.4, -0.2) is 65.9 Å². The minimum Gasteiger partial charge on any atom is -0.216 e. The van der Waals surface area contributed by atoms with Crippen molar-refractivity contribution in [1.29, 1.82) is 0 Å². The van der Waals surface area contributed by atoms with Crippen molar-refractivity contribution in [3.63, 3.8) is 0 Å². The molecule has 0 aliphatic carbocycles. The molecule has 0 unspecified atom stereocenters. The first-order valence-electron chi connectivity index (χ1n) is 11.3. The lowest BCUT2D eigenvalue weighted by molar-refractivity contribution is -0.462. The summed E-state index contributed by atoms with van der Waals surface area (Å²) >= 11 is 0. The van der Waals surface area contributed by atoms with Gasteiger partial charge in [-0.05, 0) is 19.3 Å². The zero-order chi connectivity index (χ0) is 30.9. The largest absolute Gasteiger partial charge is 0.438 e. The summed E-state index contributed by atoms with van der Waals surface area (Å²) in [6, 6.07) is 0. The summed E-state index contributed by atoms with van der Waals surface area (Å²) in [4.78, 5) is 0. The number of alkyl halides is 17. The van der Waals surface area contributed by atoms with E-state index in [2.05, 4.69) is 0 Å². The lowest BCUT2D eigenvalue weighted by atomic mass is 9.86. The van der Waals surface area contributed by atoms with Gasteiger partial charge in [0.25, 0.3) is 0 Å². The summed E-state index contributed by atoms with van der Waals surface area (Å²) in [7, 11) is -4.87. The van der Waals surface area contributed by atoms with Crippen LogP contribution in [0.3, 0.4) is 0 Å². The monoisotopic (exact) mass is 621 g/mol. The van der Waals surface area contributed by atoms with Crippen LogP contribution in [0.4, 0.5) is 74.6 Å². The van der Waals surface area contributed by atoms with Gasteiger partial charge in [-0.1, -0.05) is 40.0 Å². The Hall–Kier alpha value is -0.760. The van der Waals surface area contributed by atoms with Crippen LogP contribution in [0.2, 0.25) is 0 Å². The molecule has 38 heavy (non-hydrogen) atoms. The SMILES string of the molecule is CCCC[P+](CCCC)(CCCC)C(F)(F)C(F)(F)C(F)(F)C(F)(F)C(F)(F)C(F)(C(F)(F)F)C(F)(F)F. The van der Waals surface area contributed by atoms with Gasteiger partial charge in [0.15, 0.2) is 0 Å². The molecule has 0 saturated carbocycles. The number of hydrogen-bond acceptors (Lipinski definition) is 0. The van der Waals surface area contributed by atoms with Gasteiger partial charge in [-0.3, -0.25) is 0 Å². The molecule has 0 atom stereocenters. The van der Waals surface area contributed by atoms with Gasteiger partial charge in [-0.2, -0.15) is 70.2 Å². The maximum Gasteiger partial charge on any atom is 0.438 e. The average Bonchev–Trinajstić information content (AvgIpc) is 2.75. The van der Waals surface area contributed by atoms with E-state index >= 15 is 8.78 Å². The third-order valence-corrected chi connectivity index (χ3v) is 11.2. The highest BCUT2D eigenvalue weighted by molar-refractivity contribution is 7.77. The molecule has 0 fully saturated rings. The minimum atomic E-state index is -8.71. The summed E-state index contributed by atoms with van der Waals surface area (Å²) in [6.07, 6.45) is -20.1. The van der Waals surface area contributed by atoms with E-state index in [0.29, 0.717) is 0 Å². The van der Waals surface area contributed by atoms with Crippen molar-refractivity contribution < 1.29 is 74.6 Å². The van der Waals surface area contributed by atoms with Crippen molar-refractivity contribution in [2.75, 3.05) is 18.5 Å². The molecule has 0 aromatic rings. The molecular formula is C20H27F17P+. The van der Waals surface area contributed by atoms with Gasteiger partial charge < -0.3 is 0 Å². The normalized spacial score (nSPS) is 15.8. The first-order valence-corrected chi connectivity index (χ1v) is 13.6. The van der Waals surface area contributed by atoms with Crippen molar-refractivity contribution in [3.05, 3.63) is 0 Å². The molecule has 0 amide bonds. The predicted octanol–water partition coefficient (Wildman–Crippen LogP) is 10.4. The molecule has 0 aliphatic rings. The lowest BCUT2D eigenvalue weighted by Gasteiger charge is -2.45. The molecule has 18 heteroatoms. The molecular weight excluding hydrogens is 594 g/mol. The van der Waals surface area contributed by atoms with Crippen LogP contribution in [0, 0.1) is 0 Å². The average molecular weight is 621 g/mol. The van der Waals surface area contributed by atoms with Gasteiger partial charge in [0.2, 0.25) is 0 Å². The second-order valence-electron chi connectivity index (χ2n) is 8.87. The van der Waals surface area contributed by atoms with Crippen LogP contribution in [0.25, 0.3) is 0 Å². The molecule has 0 aromatic carbocycles. The fourth-order valence-electron chi connectivity index (χ4n) is 3.75. The zero-order valence-electron chi connectivity index (χ0n) is 20.2. The van der Waals surface area contributed by atoms with Crippen LogP contribution >= 0.6 is 7.26 Å². The van der Waals surface area contributed by atoms with E-state index in [4.69, 9.17) is 0 Å². The van der Waals surface area contributed by atoms with E-state index < -0.39 is 73.1 Å². The van der Waals surface area contributed by atoms with Gasteiger partial charge in [-0.15, -0.1) is 0 Å². The first kappa shape index (κ1) is 37.2. The fourth-order valence-corrected chi connectivity index (χ4v) is 8.77. The van der Waals surface area contributed by atoms with E-state index in [-0.39, 0.29) is 38.5 Å². The van der Waals surface area contributed by atoms with Gasteiger partial charge >= 0.3 is 47.4 Å². The molecule has 0 N–H and O–H groups in total. The van der Waals surface area contributed by atoms with E-state index in [1.54, 1.807) is 0 Å². The summed E-state index contributed by atoms with van der Waals surface area (Å²) in [5, 5.41) is 0. The van der Waals surface area contributed by atoms with Crippen LogP contribution in [-0.2, 0) is 0 Å². The van der Waals surface area contributed by atoms with E-state index in [1.807, 2.05) is 0 Å². The molecule has 230 valence electrons. The lowest BCUT2D eigenvalue weighted by Crippen LogP contribution is -2.76. The first-order chi connectivity index (χ1) is 16.7. The fraction of sp³-hybridized carbons (Fsp3) is 1.00. The Kier molecular flexibility index (Phi) is 11.4. The smallest absolute Gasteiger partial charge is 0.216 e. The van der Waals surface area contributed by atoms with Crippen molar-refractivity contribution in [3.8, 4) is 0 Å². The summed E-state index contributed by atoms with van der Waals surface area (Å²) in [5.41, 5.74) is -14.8. The van der Waals surface area contributed by atoms with Crippen molar-refractivity contribution in [2.45, 2.75) is 107 Å². The molecule has 0 heterocycles. The summed E-state index contributed by atoms with van der Waals surface area (Å²) in [5.74, 6) is -33.2. The van der Waals surface area contributed by atoms with Crippen molar-refractivity contribution in [1.82, 2.24) is 0 Å². The Bertz CT molecular complexity index is 718. The van der Waals surface area contributed by atoms with Crippen LogP contribution < -0.4 is 0 Å². The van der Waals surface area contributed by atoms with Crippen LogP contribution in [0.1, 0.15) is 59.3 Å². The van der Waals surface area contributed by atoms with Gasteiger partial charge in [-0.25, -0.2) is 4.39 Å². The second-order valence-corrected chi connectivity index (χ2v) is 13.1. The third kappa shape index (κ3) is 5.56. The Balaban J connectivity index is 7.33. The highest BCUT2D eigenvalue weighted by atomic mass is 31.2. The molecule has 0 bridgehead atoms. The van der Waals surface area contributed by atoms with Crippen molar-refractivity contribution >= 4 is 7.26 Å². The third-order valence-electron chi connectivity index (χ3n) is 6.19. The maximum absolute atomic E-state index is 15.4. The van der Waals surface area contributed by atoms with Crippen LogP contribution in [0.15, 0.2) is 0 Å². The molecule has 0 radical (unpaired) electrons. The minimum absolute atomic E-state index is 0.00614. The molecule has 0 aromatic heterocycles. The molecule has 0 nitrogen and oxygen atoms in total. The maximum atomic E-state index is 15.4. The van der Waals surface area contributed by atoms with Gasteiger partial charge in [0.1, 0.15) is 0 Å². The molecule has 0 spiro atoms. The second kappa shape index (κ2) is 11.6. The van der Waals surface area contributed by atoms with E-state index in [1.165, 1.54) is 20.8 Å². The van der Waals surface area contributed by atoms with Gasteiger partial charge in [0.05, 0.1) is 25.7 Å². The Morgan fingerprint density at radius 3 is 0.895 bits per heavy atom. The van der Waals surface area contributed by atoms with Crippen LogP contribution in [0.5, 0.6) is 0 Å². The Morgan fingerprint density at radius 2 is 0.658 bits per heavy atom. The topological polar surface area (TPSA) is 0 Å². The van der Waals surface area contributed by atoms with E-state index in [0.717, 1.165) is 0 Å².